The van der Waals surface area contributed by atoms with E-state index in [1.165, 1.54) is 11.3 Å². The number of aromatic nitrogens is 1. The predicted molar refractivity (Wildman–Crippen MR) is 109 cm³/mol. The number of amides is 1. The van der Waals surface area contributed by atoms with Crippen LogP contribution in [0.3, 0.4) is 0 Å². The zero-order chi connectivity index (χ0) is 18.7. The minimum atomic E-state index is -0.0502. The van der Waals surface area contributed by atoms with Crippen molar-refractivity contribution < 1.29 is 9.90 Å². The van der Waals surface area contributed by atoms with Crippen molar-refractivity contribution in [2.75, 3.05) is 4.90 Å². The first-order valence-corrected chi connectivity index (χ1v) is 10.1. The van der Waals surface area contributed by atoms with Gasteiger partial charge in [0.2, 0.25) is 5.91 Å². The van der Waals surface area contributed by atoms with E-state index in [0.717, 1.165) is 27.4 Å². The standard InChI is InChI=1S/C20H20N2O2S2/c1-13-5-4-6-19(14(13)2)22(15(3)23)20-21-16(12-26-20)11-25-18-9-7-17(24)8-10-18/h4-10,12,24H,11H2,1-3H3. The summed E-state index contributed by atoms with van der Waals surface area (Å²) in [6.07, 6.45) is 0. The van der Waals surface area contributed by atoms with Crippen molar-refractivity contribution in [3.8, 4) is 5.75 Å². The summed E-state index contributed by atoms with van der Waals surface area (Å²) in [6, 6.07) is 13.1. The molecular formula is C20H20N2O2S2. The Morgan fingerprint density at radius 3 is 2.62 bits per heavy atom. The Morgan fingerprint density at radius 1 is 1.19 bits per heavy atom. The highest BCUT2D eigenvalue weighted by Gasteiger charge is 2.20. The van der Waals surface area contributed by atoms with E-state index < -0.39 is 0 Å². The molecule has 3 rings (SSSR count). The number of phenolic OH excluding ortho intramolecular Hbond substituents is 1. The number of thiazole rings is 1. The molecule has 2 aromatic carbocycles. The fourth-order valence-electron chi connectivity index (χ4n) is 2.55. The molecule has 0 saturated heterocycles. The molecule has 6 heteroatoms. The molecule has 0 atom stereocenters. The van der Waals surface area contributed by atoms with Gasteiger partial charge in [-0.15, -0.1) is 23.1 Å². The predicted octanol–water partition coefficient (Wildman–Crippen LogP) is 5.44. The number of hydrogen-bond acceptors (Lipinski definition) is 5. The van der Waals surface area contributed by atoms with E-state index >= 15 is 0 Å². The van der Waals surface area contributed by atoms with Crippen LogP contribution in [0.15, 0.2) is 52.7 Å². The summed E-state index contributed by atoms with van der Waals surface area (Å²) in [5, 5.41) is 12.0. The lowest BCUT2D eigenvalue weighted by Crippen LogP contribution is -2.23. The van der Waals surface area contributed by atoms with Crippen molar-refractivity contribution in [2.24, 2.45) is 0 Å². The van der Waals surface area contributed by atoms with Crippen LogP contribution in [0.4, 0.5) is 10.8 Å². The Morgan fingerprint density at radius 2 is 1.92 bits per heavy atom. The number of thioether (sulfide) groups is 1. The molecule has 0 saturated carbocycles. The molecule has 1 N–H and O–H groups in total. The number of nitrogens with zero attached hydrogens (tertiary/aromatic N) is 2. The lowest BCUT2D eigenvalue weighted by Gasteiger charge is -2.21. The molecule has 0 aliphatic carbocycles. The van der Waals surface area contributed by atoms with Crippen molar-refractivity contribution in [3.05, 3.63) is 64.7 Å². The summed E-state index contributed by atoms with van der Waals surface area (Å²) >= 11 is 3.12. The van der Waals surface area contributed by atoms with Gasteiger partial charge in [0, 0.05) is 23.0 Å². The molecule has 1 amide bonds. The van der Waals surface area contributed by atoms with Crippen LogP contribution in [-0.4, -0.2) is 16.0 Å². The third-order valence-corrected chi connectivity index (χ3v) is 6.01. The van der Waals surface area contributed by atoms with E-state index in [9.17, 15) is 9.90 Å². The van der Waals surface area contributed by atoms with E-state index in [2.05, 4.69) is 4.98 Å². The summed E-state index contributed by atoms with van der Waals surface area (Å²) in [6.45, 7) is 5.63. The number of carbonyl (C=O) groups excluding carboxylic acids is 1. The van der Waals surface area contributed by atoms with Crippen LogP contribution in [0.5, 0.6) is 5.75 Å². The number of rotatable bonds is 5. The quantitative estimate of drug-likeness (QED) is 0.595. The maximum atomic E-state index is 12.3. The Labute approximate surface area is 161 Å². The summed E-state index contributed by atoms with van der Waals surface area (Å²) in [7, 11) is 0. The zero-order valence-electron chi connectivity index (χ0n) is 14.9. The number of hydrogen-bond donors (Lipinski definition) is 1. The van der Waals surface area contributed by atoms with E-state index in [4.69, 9.17) is 0 Å². The third-order valence-electron chi connectivity index (χ3n) is 4.09. The van der Waals surface area contributed by atoms with Crippen molar-refractivity contribution in [2.45, 2.75) is 31.4 Å². The molecule has 0 aliphatic heterocycles. The minimum Gasteiger partial charge on any atom is -0.508 e. The Hall–Kier alpha value is -2.31. The van der Waals surface area contributed by atoms with E-state index in [-0.39, 0.29) is 11.7 Å². The summed E-state index contributed by atoms with van der Waals surface area (Å²) < 4.78 is 0. The fraction of sp³-hybridized carbons (Fsp3) is 0.200. The van der Waals surface area contributed by atoms with Gasteiger partial charge < -0.3 is 5.11 Å². The molecule has 0 fully saturated rings. The molecule has 1 heterocycles. The number of benzene rings is 2. The Kier molecular flexibility index (Phi) is 5.64. The highest BCUT2D eigenvalue weighted by molar-refractivity contribution is 7.98. The van der Waals surface area contributed by atoms with E-state index in [1.54, 1.807) is 35.7 Å². The lowest BCUT2D eigenvalue weighted by molar-refractivity contribution is -0.115. The molecule has 0 radical (unpaired) electrons. The van der Waals surface area contributed by atoms with Gasteiger partial charge in [0.1, 0.15) is 5.75 Å². The first-order valence-electron chi connectivity index (χ1n) is 8.19. The van der Waals surface area contributed by atoms with Crippen molar-refractivity contribution >= 4 is 39.8 Å². The second-order valence-electron chi connectivity index (χ2n) is 5.98. The molecule has 0 bridgehead atoms. The Bertz CT molecular complexity index is 920. The van der Waals surface area contributed by atoms with Gasteiger partial charge in [0.05, 0.1) is 11.4 Å². The van der Waals surface area contributed by atoms with Crippen LogP contribution < -0.4 is 4.90 Å². The number of anilines is 2. The van der Waals surface area contributed by atoms with E-state index in [1.807, 2.05) is 49.6 Å². The van der Waals surface area contributed by atoms with Gasteiger partial charge in [-0.1, -0.05) is 12.1 Å². The van der Waals surface area contributed by atoms with Crippen LogP contribution in [-0.2, 0) is 10.5 Å². The van der Waals surface area contributed by atoms with Crippen LogP contribution >= 0.6 is 23.1 Å². The number of aromatic hydroxyl groups is 1. The van der Waals surface area contributed by atoms with Gasteiger partial charge in [-0.25, -0.2) is 4.98 Å². The lowest BCUT2D eigenvalue weighted by atomic mass is 10.1. The normalized spacial score (nSPS) is 10.7. The second kappa shape index (κ2) is 7.93. The van der Waals surface area contributed by atoms with Crippen LogP contribution in [0.2, 0.25) is 0 Å². The summed E-state index contributed by atoms with van der Waals surface area (Å²) in [5.74, 6) is 0.918. The topological polar surface area (TPSA) is 53.4 Å². The molecule has 4 nitrogen and oxygen atoms in total. The molecule has 0 spiro atoms. The summed E-state index contributed by atoms with van der Waals surface area (Å²) in [5.41, 5.74) is 4.04. The minimum absolute atomic E-state index is 0.0502. The number of phenols is 1. The Balaban J connectivity index is 1.80. The number of carbonyl (C=O) groups is 1. The second-order valence-corrected chi connectivity index (χ2v) is 7.86. The van der Waals surface area contributed by atoms with Gasteiger partial charge in [0.15, 0.2) is 5.13 Å². The van der Waals surface area contributed by atoms with Crippen molar-refractivity contribution in [3.63, 3.8) is 0 Å². The molecule has 1 aromatic heterocycles. The monoisotopic (exact) mass is 384 g/mol. The third kappa shape index (κ3) is 4.08. The van der Waals surface area contributed by atoms with Gasteiger partial charge >= 0.3 is 0 Å². The van der Waals surface area contributed by atoms with Gasteiger partial charge in [-0.2, -0.15) is 0 Å². The van der Waals surface area contributed by atoms with Crippen molar-refractivity contribution in [1.29, 1.82) is 0 Å². The SMILES string of the molecule is CC(=O)N(c1nc(CSc2ccc(O)cc2)cs1)c1cccc(C)c1C. The molecule has 0 aliphatic rings. The molecular weight excluding hydrogens is 364 g/mol. The van der Waals surface area contributed by atoms with Gasteiger partial charge in [-0.3, -0.25) is 9.69 Å². The fourth-order valence-corrected chi connectivity index (χ4v) is 4.33. The number of aryl methyl sites for hydroxylation is 1. The maximum Gasteiger partial charge on any atom is 0.230 e. The summed E-state index contributed by atoms with van der Waals surface area (Å²) in [4.78, 5) is 19.7. The highest BCUT2D eigenvalue weighted by atomic mass is 32.2. The van der Waals surface area contributed by atoms with Crippen LogP contribution in [0.1, 0.15) is 23.7 Å². The highest BCUT2D eigenvalue weighted by Crippen LogP contribution is 2.34. The molecule has 134 valence electrons. The first kappa shape index (κ1) is 18.5. The van der Waals surface area contributed by atoms with Crippen LogP contribution in [0.25, 0.3) is 0 Å². The maximum absolute atomic E-state index is 12.3. The largest absolute Gasteiger partial charge is 0.508 e. The first-order chi connectivity index (χ1) is 12.5. The molecule has 0 unspecified atom stereocenters. The van der Waals surface area contributed by atoms with E-state index in [0.29, 0.717) is 10.9 Å². The zero-order valence-corrected chi connectivity index (χ0v) is 16.5. The van der Waals surface area contributed by atoms with Crippen LogP contribution in [0, 0.1) is 13.8 Å². The average molecular weight is 385 g/mol. The molecule has 3 aromatic rings. The van der Waals surface area contributed by atoms with Gasteiger partial charge in [0.25, 0.3) is 0 Å². The van der Waals surface area contributed by atoms with Crippen molar-refractivity contribution in [1.82, 2.24) is 4.98 Å². The smallest absolute Gasteiger partial charge is 0.230 e. The molecule has 26 heavy (non-hydrogen) atoms. The van der Waals surface area contributed by atoms with Gasteiger partial charge in [-0.05, 0) is 55.3 Å². The average Bonchev–Trinajstić information content (AvgIpc) is 3.06.